The number of carbonyl (C=O) groups is 1. The number of benzene rings is 1. The van der Waals surface area contributed by atoms with Crippen LogP contribution < -0.4 is 10.6 Å². The molecule has 0 atom stereocenters. The molecule has 1 saturated heterocycles. The fourth-order valence-corrected chi connectivity index (χ4v) is 3.99. The molecule has 11 heteroatoms. The summed E-state index contributed by atoms with van der Waals surface area (Å²) in [6.07, 6.45) is 15.8. The van der Waals surface area contributed by atoms with Gasteiger partial charge >= 0.3 is 6.03 Å². The van der Waals surface area contributed by atoms with E-state index in [2.05, 4.69) is 59.9 Å². The summed E-state index contributed by atoms with van der Waals surface area (Å²) in [7, 11) is 0. The van der Waals surface area contributed by atoms with Gasteiger partial charge in [0, 0.05) is 16.9 Å². The zero-order chi connectivity index (χ0) is 26.3. The van der Waals surface area contributed by atoms with Gasteiger partial charge in [-0.3, -0.25) is 4.84 Å². The number of rotatable bonds is 4. The molecule has 3 aromatic heterocycles. The zero-order valence-electron chi connectivity index (χ0n) is 20.8. The van der Waals surface area contributed by atoms with Crippen LogP contribution in [-0.2, 0) is 4.84 Å². The van der Waals surface area contributed by atoms with Gasteiger partial charge in [-0.25, -0.2) is 34.2 Å². The van der Waals surface area contributed by atoms with Gasteiger partial charge in [-0.2, -0.15) is 0 Å². The van der Waals surface area contributed by atoms with Gasteiger partial charge in [0.15, 0.2) is 5.65 Å². The van der Waals surface area contributed by atoms with E-state index < -0.39 is 5.82 Å². The van der Waals surface area contributed by atoms with Crippen LogP contribution in [0.3, 0.4) is 0 Å². The molecule has 4 heterocycles. The summed E-state index contributed by atoms with van der Waals surface area (Å²) in [5.74, 6) is -0.101. The highest BCUT2D eigenvalue weighted by Crippen LogP contribution is 2.32. The van der Waals surface area contributed by atoms with Crippen molar-refractivity contribution in [1.82, 2.24) is 30.0 Å². The third-order valence-corrected chi connectivity index (χ3v) is 5.94. The van der Waals surface area contributed by atoms with E-state index in [4.69, 9.17) is 4.84 Å². The highest BCUT2D eigenvalue weighted by Gasteiger charge is 2.20. The maximum absolute atomic E-state index is 14.1. The molecule has 1 fully saturated rings. The van der Waals surface area contributed by atoms with Gasteiger partial charge in [-0.05, 0) is 49.9 Å². The van der Waals surface area contributed by atoms with Crippen molar-refractivity contribution in [2.45, 2.75) is 26.2 Å². The molecule has 1 aliphatic heterocycles. The van der Waals surface area contributed by atoms with Crippen molar-refractivity contribution in [3.05, 3.63) is 78.8 Å². The largest absolute Gasteiger partial charge is 0.345 e. The van der Waals surface area contributed by atoms with Crippen molar-refractivity contribution < 1.29 is 14.0 Å². The third-order valence-electron chi connectivity index (χ3n) is 5.94. The Balaban J connectivity index is 0.000000433. The number of pyridine rings is 1. The first-order valence-electron chi connectivity index (χ1n) is 12.3. The van der Waals surface area contributed by atoms with Gasteiger partial charge in [0.1, 0.15) is 29.2 Å². The lowest BCUT2D eigenvalue weighted by molar-refractivity contribution is -0.0614. The van der Waals surface area contributed by atoms with Gasteiger partial charge in [0.25, 0.3) is 0 Å². The van der Waals surface area contributed by atoms with Crippen LogP contribution in [0, 0.1) is 12.7 Å². The first-order valence-corrected chi connectivity index (χ1v) is 12.3. The van der Waals surface area contributed by atoms with E-state index in [1.165, 1.54) is 36.6 Å². The van der Waals surface area contributed by atoms with Crippen LogP contribution >= 0.6 is 0 Å². The molecule has 0 unspecified atom stereocenters. The number of hydrogen-bond donors (Lipinski definition) is 3. The predicted molar refractivity (Wildman–Crippen MR) is 143 cm³/mol. The molecule has 0 bridgehead atoms. The molecule has 0 spiro atoms. The van der Waals surface area contributed by atoms with E-state index >= 15 is 0 Å². The fourth-order valence-electron chi connectivity index (χ4n) is 3.99. The molecule has 10 nitrogen and oxygen atoms in total. The van der Waals surface area contributed by atoms with Crippen LogP contribution in [0.25, 0.3) is 22.4 Å². The SMILES string of the molecule is C1=CCCC=C1.Cc1ccc(NC(=O)N2CCCO2)cc1Nc1ncc(F)cc1-c1ncnc2nc[nH]c12. The van der Waals surface area contributed by atoms with Crippen LogP contribution in [-0.4, -0.2) is 49.2 Å². The average Bonchev–Trinajstić information content (AvgIpc) is 3.66. The number of anilines is 3. The third kappa shape index (κ3) is 5.84. The van der Waals surface area contributed by atoms with Crippen LogP contribution in [0.4, 0.5) is 26.4 Å². The number of imidazole rings is 1. The number of aromatic nitrogens is 5. The standard InChI is InChI=1S/C21H19FN8O2.C6H8/c1-12-3-4-14(28-21(31)30-5-2-6-32-30)8-16(12)29-19-15(7-13(22)9-23-19)17-18-20(26-10-24-17)27-11-25-18;1-2-4-6-5-3-1/h3-4,7-11H,2,5-6H2,1H3,(H,23,29)(H,28,31)(H,24,25,26,27);1-4H,5-6H2. The van der Waals surface area contributed by atoms with Crippen LogP contribution in [0.2, 0.25) is 0 Å². The Bertz CT molecular complexity index is 1480. The second-order valence-corrected chi connectivity index (χ2v) is 8.68. The summed E-state index contributed by atoms with van der Waals surface area (Å²) >= 11 is 0. The summed E-state index contributed by atoms with van der Waals surface area (Å²) in [5.41, 5.74) is 4.14. The van der Waals surface area contributed by atoms with E-state index in [-0.39, 0.29) is 6.03 Å². The monoisotopic (exact) mass is 514 g/mol. The fraction of sp³-hybridized carbons (Fsp3) is 0.222. The zero-order valence-corrected chi connectivity index (χ0v) is 20.8. The van der Waals surface area contributed by atoms with Crippen molar-refractivity contribution in [1.29, 1.82) is 0 Å². The number of halogens is 1. The molecule has 0 radical (unpaired) electrons. The number of hydroxylamine groups is 2. The number of fused-ring (bicyclic) bond motifs is 1. The number of amides is 2. The van der Waals surface area contributed by atoms with Gasteiger partial charge in [0.05, 0.1) is 25.7 Å². The molecule has 194 valence electrons. The number of nitrogens with one attached hydrogen (secondary N) is 3. The minimum Gasteiger partial charge on any atom is -0.341 e. The minimum absolute atomic E-state index is 0.333. The van der Waals surface area contributed by atoms with Gasteiger partial charge in [-0.1, -0.05) is 30.4 Å². The lowest BCUT2D eigenvalue weighted by atomic mass is 10.1. The summed E-state index contributed by atoms with van der Waals surface area (Å²) in [5, 5.41) is 7.36. The van der Waals surface area contributed by atoms with E-state index in [9.17, 15) is 9.18 Å². The predicted octanol–water partition coefficient (Wildman–Crippen LogP) is 5.67. The first kappa shape index (κ1) is 25.0. The molecule has 2 aliphatic rings. The Labute approximate surface area is 218 Å². The second-order valence-electron chi connectivity index (χ2n) is 8.68. The molecular formula is C27H27FN8O2. The number of allylic oxidation sites excluding steroid dienone is 4. The molecule has 2 amide bonds. The Kier molecular flexibility index (Phi) is 7.65. The van der Waals surface area contributed by atoms with Gasteiger partial charge in [0.2, 0.25) is 0 Å². The maximum atomic E-state index is 14.1. The Morgan fingerprint density at radius 2 is 1.95 bits per heavy atom. The quantitative estimate of drug-likeness (QED) is 0.321. The van der Waals surface area contributed by atoms with Crippen LogP contribution in [0.5, 0.6) is 0 Å². The molecule has 6 rings (SSSR count). The maximum Gasteiger partial charge on any atom is 0.345 e. The summed E-state index contributed by atoms with van der Waals surface area (Å²) in [6, 6.07) is 6.46. The van der Waals surface area contributed by atoms with E-state index in [1.54, 1.807) is 12.1 Å². The summed E-state index contributed by atoms with van der Waals surface area (Å²) in [4.78, 5) is 37.4. The lowest BCUT2D eigenvalue weighted by Crippen LogP contribution is -2.31. The Morgan fingerprint density at radius 3 is 2.68 bits per heavy atom. The molecule has 1 aromatic carbocycles. The molecular weight excluding hydrogens is 487 g/mol. The lowest BCUT2D eigenvalue weighted by Gasteiger charge is -2.17. The smallest absolute Gasteiger partial charge is 0.341 e. The molecule has 3 N–H and O–H groups in total. The molecule has 1 aliphatic carbocycles. The summed E-state index contributed by atoms with van der Waals surface area (Å²) in [6.45, 7) is 2.99. The highest BCUT2D eigenvalue weighted by atomic mass is 19.1. The van der Waals surface area contributed by atoms with Crippen LogP contribution in [0.15, 0.2) is 67.4 Å². The topological polar surface area (TPSA) is 121 Å². The molecule has 0 saturated carbocycles. The van der Waals surface area contributed by atoms with Crippen molar-refractivity contribution in [3.63, 3.8) is 0 Å². The highest BCUT2D eigenvalue weighted by molar-refractivity contribution is 5.92. The molecule has 4 aromatic rings. The average molecular weight is 515 g/mol. The number of aryl methyl sites for hydroxylation is 1. The number of carbonyl (C=O) groups excluding carboxylic acids is 1. The minimum atomic E-state index is -0.500. The number of nitrogens with zero attached hydrogens (tertiary/aromatic N) is 5. The van der Waals surface area contributed by atoms with Crippen molar-refractivity contribution in [3.8, 4) is 11.3 Å². The Morgan fingerprint density at radius 1 is 1.11 bits per heavy atom. The number of urea groups is 1. The normalized spacial score (nSPS) is 14.3. The van der Waals surface area contributed by atoms with E-state index in [0.717, 1.165) is 18.2 Å². The van der Waals surface area contributed by atoms with E-state index in [0.29, 0.717) is 52.8 Å². The second kappa shape index (κ2) is 11.6. The van der Waals surface area contributed by atoms with E-state index in [1.807, 2.05) is 13.0 Å². The molecule has 38 heavy (non-hydrogen) atoms. The van der Waals surface area contributed by atoms with Gasteiger partial charge < -0.3 is 15.6 Å². The number of hydrogen-bond acceptors (Lipinski definition) is 7. The number of aromatic amines is 1. The Hall–Kier alpha value is -4.64. The van der Waals surface area contributed by atoms with Crippen molar-refractivity contribution >= 4 is 34.4 Å². The van der Waals surface area contributed by atoms with Crippen molar-refractivity contribution in [2.24, 2.45) is 0 Å². The van der Waals surface area contributed by atoms with Crippen LogP contribution in [0.1, 0.15) is 24.8 Å². The number of H-pyrrole nitrogens is 1. The first-order chi connectivity index (χ1) is 18.6. The summed E-state index contributed by atoms with van der Waals surface area (Å²) < 4.78 is 14.1. The van der Waals surface area contributed by atoms with Gasteiger partial charge in [-0.15, -0.1) is 0 Å². The van der Waals surface area contributed by atoms with Crippen molar-refractivity contribution in [2.75, 3.05) is 23.8 Å².